The van der Waals surface area contributed by atoms with Gasteiger partial charge in [-0.3, -0.25) is 4.79 Å². The molecule has 6 nitrogen and oxygen atoms in total. The van der Waals surface area contributed by atoms with Crippen molar-refractivity contribution in [2.24, 2.45) is 11.1 Å². The Morgan fingerprint density at radius 2 is 2.07 bits per heavy atom. The number of carbonyl (C=O) groups excluding carboxylic acids is 1. The minimum Gasteiger partial charge on any atom is -0.480 e. The number of nitrogens with two attached hydrogens (primary N) is 1. The van der Waals surface area contributed by atoms with Crippen LogP contribution in [0, 0.1) is 5.41 Å². The highest BCUT2D eigenvalue weighted by molar-refractivity contribution is 5.88. The molecule has 0 bridgehead atoms. The van der Waals surface area contributed by atoms with E-state index in [0.29, 0.717) is 12.8 Å². The number of aliphatic hydroxyl groups is 1. The van der Waals surface area contributed by atoms with E-state index < -0.39 is 24.0 Å². The summed E-state index contributed by atoms with van der Waals surface area (Å²) < 4.78 is 0. The van der Waals surface area contributed by atoms with Crippen LogP contribution in [-0.4, -0.2) is 41.3 Å². The van der Waals surface area contributed by atoms with Crippen molar-refractivity contribution < 1.29 is 19.8 Å². The van der Waals surface area contributed by atoms with E-state index in [4.69, 9.17) is 15.9 Å². The molecule has 0 spiro atoms. The number of carboxylic acids is 1. The van der Waals surface area contributed by atoms with Gasteiger partial charge in [0.1, 0.15) is 6.04 Å². The summed E-state index contributed by atoms with van der Waals surface area (Å²) in [5, 5.41) is 19.7. The first-order valence-electron chi connectivity index (χ1n) is 4.90. The molecule has 6 heteroatoms. The summed E-state index contributed by atoms with van der Waals surface area (Å²) in [7, 11) is 0. The third kappa shape index (κ3) is 2.27. The quantitative estimate of drug-likeness (QED) is 0.455. The lowest BCUT2D eigenvalue weighted by molar-refractivity contribution is -0.146. The first-order chi connectivity index (χ1) is 7.05. The molecular formula is C9H16N2O4. The molecule has 1 aliphatic rings. The van der Waals surface area contributed by atoms with E-state index in [9.17, 15) is 9.59 Å². The zero-order valence-corrected chi connectivity index (χ0v) is 8.40. The Morgan fingerprint density at radius 3 is 2.33 bits per heavy atom. The van der Waals surface area contributed by atoms with Crippen molar-refractivity contribution in [2.75, 3.05) is 13.2 Å². The van der Waals surface area contributed by atoms with Crippen LogP contribution in [0.2, 0.25) is 0 Å². The highest BCUT2D eigenvalue weighted by Crippen LogP contribution is 2.40. The van der Waals surface area contributed by atoms with Crippen LogP contribution in [0.3, 0.4) is 0 Å². The van der Waals surface area contributed by atoms with E-state index in [1.807, 2.05) is 0 Å². The molecule has 0 saturated heterocycles. The van der Waals surface area contributed by atoms with Crippen molar-refractivity contribution >= 4 is 11.9 Å². The number of carbonyl (C=O) groups is 2. The number of aliphatic hydroxyl groups excluding tert-OH is 1. The molecule has 0 radical (unpaired) electrons. The Bertz CT molecular complexity index is 257. The maximum atomic E-state index is 11.7. The second-order valence-electron chi connectivity index (χ2n) is 3.88. The van der Waals surface area contributed by atoms with Gasteiger partial charge in [0.05, 0.1) is 12.0 Å². The molecular weight excluding hydrogens is 200 g/mol. The van der Waals surface area contributed by atoms with Crippen LogP contribution in [0.4, 0.5) is 0 Å². The van der Waals surface area contributed by atoms with Crippen molar-refractivity contribution in [2.45, 2.75) is 25.3 Å². The van der Waals surface area contributed by atoms with Crippen LogP contribution in [0.15, 0.2) is 0 Å². The van der Waals surface area contributed by atoms with Gasteiger partial charge in [0, 0.05) is 6.54 Å². The molecule has 1 saturated carbocycles. The standard InChI is InChI=1S/C9H16N2O4/c10-5-9(2-1-3-9)8(15)11-6(4-12)7(13)14/h6,12H,1-5,10H2,(H,11,15)(H,13,14)/t6-/m1/s1. The lowest BCUT2D eigenvalue weighted by atomic mass is 9.68. The van der Waals surface area contributed by atoms with Crippen molar-refractivity contribution in [1.82, 2.24) is 5.32 Å². The minimum absolute atomic E-state index is 0.219. The third-order valence-corrected chi connectivity index (χ3v) is 2.97. The van der Waals surface area contributed by atoms with Gasteiger partial charge in [-0.2, -0.15) is 0 Å². The number of amides is 1. The Kier molecular flexibility index (Phi) is 3.65. The zero-order valence-electron chi connectivity index (χ0n) is 8.40. The van der Waals surface area contributed by atoms with E-state index >= 15 is 0 Å². The zero-order chi connectivity index (χ0) is 11.5. The molecule has 86 valence electrons. The van der Waals surface area contributed by atoms with Crippen molar-refractivity contribution in [3.63, 3.8) is 0 Å². The molecule has 5 N–H and O–H groups in total. The molecule has 0 aromatic rings. The van der Waals surface area contributed by atoms with Gasteiger partial charge in [-0.05, 0) is 12.8 Å². The summed E-state index contributed by atoms with van der Waals surface area (Å²) >= 11 is 0. The second kappa shape index (κ2) is 4.59. The molecule has 0 aromatic heterocycles. The van der Waals surface area contributed by atoms with Gasteiger partial charge in [0.15, 0.2) is 0 Å². The lowest BCUT2D eigenvalue weighted by Gasteiger charge is -2.39. The third-order valence-electron chi connectivity index (χ3n) is 2.97. The number of aliphatic carboxylic acids is 1. The molecule has 1 rings (SSSR count). The molecule has 1 amide bonds. The summed E-state index contributed by atoms with van der Waals surface area (Å²) in [5.41, 5.74) is 4.88. The summed E-state index contributed by atoms with van der Waals surface area (Å²) in [5.74, 6) is -1.60. The number of rotatable bonds is 5. The molecule has 15 heavy (non-hydrogen) atoms. The Labute approximate surface area is 87.5 Å². The van der Waals surface area contributed by atoms with Crippen LogP contribution in [0.1, 0.15) is 19.3 Å². The predicted octanol–water partition coefficient (Wildman–Crippen LogP) is -1.32. The summed E-state index contributed by atoms with van der Waals surface area (Å²) in [6, 6.07) is -1.23. The van der Waals surface area contributed by atoms with Crippen LogP contribution in [0.25, 0.3) is 0 Å². The average molecular weight is 216 g/mol. The van der Waals surface area contributed by atoms with E-state index in [2.05, 4.69) is 5.32 Å². The van der Waals surface area contributed by atoms with E-state index in [1.165, 1.54) is 0 Å². The van der Waals surface area contributed by atoms with Gasteiger partial charge in [-0.1, -0.05) is 6.42 Å². The fourth-order valence-electron chi connectivity index (χ4n) is 1.62. The van der Waals surface area contributed by atoms with E-state index in [1.54, 1.807) is 0 Å². The van der Waals surface area contributed by atoms with Gasteiger partial charge in [0.25, 0.3) is 0 Å². The molecule has 0 unspecified atom stereocenters. The average Bonchev–Trinajstić information content (AvgIpc) is 2.12. The Balaban J connectivity index is 2.57. The van der Waals surface area contributed by atoms with Crippen LogP contribution in [0.5, 0.6) is 0 Å². The van der Waals surface area contributed by atoms with Gasteiger partial charge >= 0.3 is 5.97 Å². The number of nitrogens with one attached hydrogen (secondary N) is 1. The lowest BCUT2D eigenvalue weighted by Crippen LogP contribution is -2.55. The monoisotopic (exact) mass is 216 g/mol. The summed E-state index contributed by atoms with van der Waals surface area (Å²) in [6.45, 7) is -0.391. The fourth-order valence-corrected chi connectivity index (χ4v) is 1.62. The smallest absolute Gasteiger partial charge is 0.328 e. The van der Waals surface area contributed by atoms with Gasteiger partial charge in [-0.15, -0.1) is 0 Å². The second-order valence-corrected chi connectivity index (χ2v) is 3.88. The Hall–Kier alpha value is -1.14. The SMILES string of the molecule is NCC1(C(=O)N[C@H](CO)C(=O)O)CCC1. The molecule has 1 atom stereocenters. The highest BCUT2D eigenvalue weighted by Gasteiger charge is 2.43. The van der Waals surface area contributed by atoms with Gasteiger partial charge < -0.3 is 21.3 Å². The number of carboxylic acid groups (broad SMARTS) is 1. The van der Waals surface area contributed by atoms with E-state index in [0.717, 1.165) is 6.42 Å². The molecule has 0 aliphatic heterocycles. The first-order valence-corrected chi connectivity index (χ1v) is 4.90. The first kappa shape index (κ1) is 11.9. The van der Waals surface area contributed by atoms with Crippen LogP contribution in [-0.2, 0) is 9.59 Å². The largest absolute Gasteiger partial charge is 0.480 e. The van der Waals surface area contributed by atoms with Crippen LogP contribution >= 0.6 is 0 Å². The van der Waals surface area contributed by atoms with E-state index in [-0.39, 0.29) is 12.5 Å². The van der Waals surface area contributed by atoms with Gasteiger partial charge in [-0.25, -0.2) is 4.79 Å². The highest BCUT2D eigenvalue weighted by atomic mass is 16.4. The molecule has 1 aliphatic carbocycles. The van der Waals surface area contributed by atoms with Crippen LogP contribution < -0.4 is 11.1 Å². The molecule has 0 aromatic carbocycles. The fraction of sp³-hybridized carbons (Fsp3) is 0.778. The Morgan fingerprint density at radius 1 is 1.47 bits per heavy atom. The maximum absolute atomic E-state index is 11.7. The van der Waals surface area contributed by atoms with Crippen molar-refractivity contribution in [3.8, 4) is 0 Å². The number of hydrogen-bond donors (Lipinski definition) is 4. The minimum atomic E-state index is -1.24. The normalized spacial score (nSPS) is 20.1. The van der Waals surface area contributed by atoms with Crippen molar-refractivity contribution in [1.29, 1.82) is 0 Å². The summed E-state index contributed by atoms with van der Waals surface area (Å²) in [6.07, 6.45) is 2.31. The molecule has 1 fully saturated rings. The topological polar surface area (TPSA) is 113 Å². The predicted molar refractivity (Wildman–Crippen MR) is 52.0 cm³/mol. The van der Waals surface area contributed by atoms with Crippen molar-refractivity contribution in [3.05, 3.63) is 0 Å². The summed E-state index contributed by atoms with van der Waals surface area (Å²) in [4.78, 5) is 22.3. The number of hydrogen-bond acceptors (Lipinski definition) is 4. The van der Waals surface area contributed by atoms with Gasteiger partial charge in [0.2, 0.25) is 5.91 Å². The maximum Gasteiger partial charge on any atom is 0.328 e. The molecule has 0 heterocycles.